The van der Waals surface area contributed by atoms with Crippen molar-refractivity contribution in [2.75, 3.05) is 0 Å². The summed E-state index contributed by atoms with van der Waals surface area (Å²) in [5.74, 6) is -3.25. The number of carbonyl (C=O) groups excluding carboxylic acids is 3. The highest BCUT2D eigenvalue weighted by Gasteiger charge is 2.37. The van der Waals surface area contributed by atoms with Crippen LogP contribution < -0.4 is 16.0 Å². The van der Waals surface area contributed by atoms with Crippen molar-refractivity contribution in [1.82, 2.24) is 16.0 Å². The smallest absolute Gasteiger partial charge is 0.408 e. The number of alkyl carbamates (subject to hydrolysis) is 1. The molecule has 0 aromatic heterocycles. The van der Waals surface area contributed by atoms with Gasteiger partial charge in [-0.05, 0) is 36.8 Å². The Morgan fingerprint density at radius 3 is 1.92 bits per heavy atom. The lowest BCUT2D eigenvalue weighted by Crippen LogP contribution is -2.58. The second kappa shape index (κ2) is 14.2. The molecule has 0 spiro atoms. The summed E-state index contributed by atoms with van der Waals surface area (Å²) < 4.78 is 5.25. The molecule has 3 amide bonds. The average Bonchev–Trinajstić information content (AvgIpc) is 2.85. The van der Waals surface area contributed by atoms with Crippen molar-refractivity contribution in [2.45, 2.75) is 66.3 Å². The summed E-state index contributed by atoms with van der Waals surface area (Å²) in [5.41, 5.74) is 0.764. The van der Waals surface area contributed by atoms with Crippen LogP contribution in [0.25, 0.3) is 0 Å². The lowest BCUT2D eigenvalue weighted by Gasteiger charge is -2.29. The van der Waals surface area contributed by atoms with Crippen LogP contribution in [0, 0.1) is 17.3 Å². The highest BCUT2D eigenvalue weighted by molar-refractivity contribution is 5.91. The van der Waals surface area contributed by atoms with Crippen LogP contribution in [0.15, 0.2) is 60.7 Å². The number of carboxylic acid groups (broad SMARTS) is 1. The zero-order valence-electron chi connectivity index (χ0n) is 22.7. The Morgan fingerprint density at radius 1 is 0.842 bits per heavy atom. The van der Waals surface area contributed by atoms with Gasteiger partial charge in [-0.2, -0.15) is 0 Å². The molecule has 0 heterocycles. The molecule has 0 radical (unpaired) electrons. The van der Waals surface area contributed by atoms with Crippen molar-refractivity contribution in [2.24, 2.45) is 17.3 Å². The van der Waals surface area contributed by atoms with Gasteiger partial charge in [0.15, 0.2) is 0 Å². The fourth-order valence-electron chi connectivity index (χ4n) is 4.30. The molecule has 0 aliphatic carbocycles. The predicted octanol–water partition coefficient (Wildman–Crippen LogP) is 3.88. The number of amides is 3. The summed E-state index contributed by atoms with van der Waals surface area (Å²) in [6.45, 7) is 9.22. The molecule has 2 aromatic rings. The van der Waals surface area contributed by atoms with Gasteiger partial charge in [0.25, 0.3) is 0 Å². The topological polar surface area (TPSA) is 134 Å². The lowest BCUT2D eigenvalue weighted by molar-refractivity contribution is -0.145. The van der Waals surface area contributed by atoms with Crippen LogP contribution in [0.1, 0.15) is 52.2 Å². The minimum absolute atomic E-state index is 0.00458. The second-order valence-electron chi connectivity index (χ2n) is 10.5. The van der Waals surface area contributed by atoms with Crippen molar-refractivity contribution >= 4 is 23.9 Å². The maximum absolute atomic E-state index is 13.3. The number of hydrogen-bond acceptors (Lipinski definition) is 5. The first kappa shape index (κ1) is 30.3. The number of hydrogen-bond donors (Lipinski definition) is 4. The first-order chi connectivity index (χ1) is 17.9. The molecule has 2 aromatic carbocycles. The van der Waals surface area contributed by atoms with Crippen molar-refractivity contribution in [3.05, 3.63) is 71.8 Å². The van der Waals surface area contributed by atoms with Gasteiger partial charge in [0.2, 0.25) is 11.8 Å². The second-order valence-corrected chi connectivity index (χ2v) is 10.5. The molecule has 9 heteroatoms. The van der Waals surface area contributed by atoms with Crippen molar-refractivity contribution in [3.8, 4) is 0 Å². The van der Waals surface area contributed by atoms with Crippen molar-refractivity contribution in [3.63, 3.8) is 0 Å². The van der Waals surface area contributed by atoms with E-state index in [1.165, 1.54) is 0 Å². The molecule has 0 aliphatic rings. The molecule has 0 aliphatic heterocycles. The molecule has 0 saturated heterocycles. The van der Waals surface area contributed by atoms with E-state index in [0.29, 0.717) is 17.9 Å². The van der Waals surface area contributed by atoms with Gasteiger partial charge in [0, 0.05) is 5.41 Å². The third-order valence-electron chi connectivity index (χ3n) is 6.03. The SMILES string of the molecule is CC(C)CC(C)(C)C(=O)N[C@@H](C)NC(=O)[C@@H](NC(=O)OCc1ccccc1)C(Cc1ccccc1)C(=O)O. The summed E-state index contributed by atoms with van der Waals surface area (Å²) in [5, 5.41) is 17.8. The molecule has 0 bridgehead atoms. The van der Waals surface area contributed by atoms with Crippen LogP contribution in [0.2, 0.25) is 0 Å². The highest BCUT2D eigenvalue weighted by Crippen LogP contribution is 2.25. The van der Waals surface area contributed by atoms with E-state index >= 15 is 0 Å². The average molecular weight is 526 g/mol. The first-order valence-electron chi connectivity index (χ1n) is 12.7. The minimum Gasteiger partial charge on any atom is -0.481 e. The van der Waals surface area contributed by atoms with Crippen molar-refractivity contribution < 1.29 is 29.0 Å². The Bertz CT molecular complexity index is 1070. The van der Waals surface area contributed by atoms with Crippen LogP contribution in [-0.2, 0) is 32.1 Å². The fraction of sp³-hybridized carbons (Fsp3) is 0.448. The molecule has 2 rings (SSSR count). The van der Waals surface area contributed by atoms with Gasteiger partial charge in [-0.25, -0.2) is 4.79 Å². The van der Waals surface area contributed by atoms with E-state index in [4.69, 9.17) is 4.74 Å². The van der Waals surface area contributed by atoms with Gasteiger partial charge in [-0.1, -0.05) is 88.4 Å². The molecular formula is C29H39N3O6. The Morgan fingerprint density at radius 2 is 1.39 bits per heavy atom. The van der Waals surface area contributed by atoms with Crippen LogP contribution in [0.5, 0.6) is 0 Å². The summed E-state index contributed by atoms with van der Waals surface area (Å²) in [6.07, 6.45) is -1.09. The van der Waals surface area contributed by atoms with E-state index in [2.05, 4.69) is 16.0 Å². The first-order valence-corrected chi connectivity index (χ1v) is 12.7. The van der Waals surface area contributed by atoms with Crippen molar-refractivity contribution in [1.29, 1.82) is 0 Å². The van der Waals surface area contributed by atoms with Gasteiger partial charge in [-0.3, -0.25) is 14.4 Å². The molecule has 4 N–H and O–H groups in total. The Labute approximate surface area is 224 Å². The van der Waals surface area contributed by atoms with E-state index in [-0.39, 0.29) is 18.9 Å². The Kier molecular flexibility index (Phi) is 11.3. The number of benzene rings is 2. The number of nitrogens with one attached hydrogen (secondary N) is 3. The molecule has 1 unspecified atom stereocenters. The maximum Gasteiger partial charge on any atom is 0.408 e. The molecule has 206 valence electrons. The van der Waals surface area contributed by atoms with E-state index in [0.717, 1.165) is 5.56 Å². The van der Waals surface area contributed by atoms with E-state index in [1.807, 2.05) is 33.8 Å². The van der Waals surface area contributed by atoms with Crippen LogP contribution in [0.4, 0.5) is 4.79 Å². The monoisotopic (exact) mass is 525 g/mol. The van der Waals surface area contributed by atoms with Crippen LogP contribution >= 0.6 is 0 Å². The number of rotatable bonds is 13. The molecule has 0 saturated carbocycles. The van der Waals surface area contributed by atoms with Gasteiger partial charge < -0.3 is 25.8 Å². The largest absolute Gasteiger partial charge is 0.481 e. The zero-order chi connectivity index (χ0) is 28.3. The summed E-state index contributed by atoms with van der Waals surface area (Å²) in [6, 6.07) is 16.3. The summed E-state index contributed by atoms with van der Waals surface area (Å²) in [4.78, 5) is 51.0. The van der Waals surface area contributed by atoms with E-state index in [1.54, 1.807) is 61.5 Å². The van der Waals surface area contributed by atoms with Gasteiger partial charge >= 0.3 is 12.1 Å². The summed E-state index contributed by atoms with van der Waals surface area (Å²) in [7, 11) is 0. The fourth-order valence-corrected chi connectivity index (χ4v) is 4.30. The van der Waals surface area contributed by atoms with Gasteiger partial charge in [-0.15, -0.1) is 0 Å². The molecule has 3 atom stereocenters. The maximum atomic E-state index is 13.3. The number of ether oxygens (including phenoxy) is 1. The Hall–Kier alpha value is -3.88. The van der Waals surface area contributed by atoms with Gasteiger partial charge in [0.05, 0.1) is 12.1 Å². The molecule has 9 nitrogen and oxygen atoms in total. The third-order valence-corrected chi connectivity index (χ3v) is 6.03. The predicted molar refractivity (Wildman–Crippen MR) is 144 cm³/mol. The van der Waals surface area contributed by atoms with Gasteiger partial charge in [0.1, 0.15) is 12.6 Å². The number of aliphatic carboxylic acids is 1. The number of carbonyl (C=O) groups is 4. The minimum atomic E-state index is -1.46. The standard InChI is InChI=1S/C29H39N3O6/c1-19(2)17-29(4,5)27(36)31-20(3)30-25(33)24(23(26(34)35)16-21-12-8-6-9-13-21)32-28(37)38-18-22-14-10-7-11-15-22/h6-15,19-20,23-24H,16-18H2,1-5H3,(H,30,33)(H,31,36)(H,32,37)(H,34,35)/t20-,23?,24-/m0/s1. The zero-order valence-corrected chi connectivity index (χ0v) is 22.7. The Balaban J connectivity index is 2.18. The van der Waals surface area contributed by atoms with E-state index < -0.39 is 41.5 Å². The third kappa shape index (κ3) is 9.88. The quantitative estimate of drug-likeness (QED) is 0.293. The normalized spacial score (nSPS) is 13.6. The van der Waals surface area contributed by atoms with E-state index in [9.17, 15) is 24.3 Å². The van der Waals surface area contributed by atoms with Crippen LogP contribution in [0.3, 0.4) is 0 Å². The molecular weight excluding hydrogens is 486 g/mol. The van der Waals surface area contributed by atoms with Crippen LogP contribution in [-0.4, -0.2) is 41.2 Å². The summed E-state index contributed by atoms with van der Waals surface area (Å²) >= 11 is 0. The highest BCUT2D eigenvalue weighted by atomic mass is 16.5. The molecule has 0 fully saturated rings. The lowest BCUT2D eigenvalue weighted by atomic mass is 9.83. The number of carboxylic acids is 1. The molecule has 38 heavy (non-hydrogen) atoms.